The number of allylic oxidation sites excluding steroid dienone is 4. The molecular formula is C30H42O6. The van der Waals surface area contributed by atoms with Gasteiger partial charge < -0.3 is 19.7 Å². The third-order valence-electron chi connectivity index (χ3n) is 11.6. The van der Waals surface area contributed by atoms with Crippen LogP contribution in [0.1, 0.15) is 79.1 Å². The summed E-state index contributed by atoms with van der Waals surface area (Å²) in [4.78, 5) is 25.7. The molecule has 6 heteroatoms. The van der Waals surface area contributed by atoms with Gasteiger partial charge in [-0.2, -0.15) is 0 Å². The molecule has 0 amide bonds. The van der Waals surface area contributed by atoms with E-state index < -0.39 is 36.1 Å². The second kappa shape index (κ2) is 8.08. The molecule has 6 aliphatic rings. The molecule has 0 aromatic carbocycles. The molecule has 1 aliphatic heterocycles. The second-order valence-electron chi connectivity index (χ2n) is 13.9. The van der Waals surface area contributed by atoms with Crippen molar-refractivity contribution in [2.75, 3.05) is 6.61 Å². The Morgan fingerprint density at radius 3 is 2.56 bits per heavy atom. The number of fused-ring (bicyclic) bond motifs is 7. The molecule has 1 saturated heterocycles. The van der Waals surface area contributed by atoms with Crippen molar-refractivity contribution in [2.45, 2.75) is 103 Å². The Kier molecular flexibility index (Phi) is 5.60. The molecule has 0 aromatic heterocycles. The van der Waals surface area contributed by atoms with E-state index in [4.69, 9.17) is 9.47 Å². The van der Waals surface area contributed by atoms with Gasteiger partial charge in [0.15, 0.2) is 23.5 Å². The highest BCUT2D eigenvalue weighted by atomic mass is 16.7. The molecule has 198 valence electrons. The van der Waals surface area contributed by atoms with Crippen LogP contribution < -0.4 is 0 Å². The number of Topliss-reactive ketones (excluding diaryl/α,β-unsaturated/α-hetero) is 1. The normalized spacial score (nSPS) is 49.6. The topological polar surface area (TPSA) is 93.1 Å². The first kappa shape index (κ1) is 25.0. The predicted molar refractivity (Wildman–Crippen MR) is 134 cm³/mol. The number of carbonyl (C=O) groups excluding carboxylic acids is 2. The van der Waals surface area contributed by atoms with Crippen LogP contribution in [0, 0.1) is 39.9 Å². The average molecular weight is 499 g/mol. The van der Waals surface area contributed by atoms with Crippen molar-refractivity contribution in [3.05, 3.63) is 23.8 Å². The molecule has 6 nitrogen and oxygen atoms in total. The number of carbonyl (C=O) groups is 2. The molecule has 2 N–H and O–H groups in total. The molecule has 0 unspecified atom stereocenters. The van der Waals surface area contributed by atoms with E-state index in [0.29, 0.717) is 18.3 Å². The van der Waals surface area contributed by atoms with Gasteiger partial charge in [0, 0.05) is 22.7 Å². The van der Waals surface area contributed by atoms with Crippen LogP contribution in [0.4, 0.5) is 0 Å². The van der Waals surface area contributed by atoms with Crippen molar-refractivity contribution in [2.24, 2.45) is 39.9 Å². The van der Waals surface area contributed by atoms with Crippen molar-refractivity contribution < 1.29 is 29.3 Å². The van der Waals surface area contributed by atoms with Crippen molar-refractivity contribution in [1.82, 2.24) is 0 Å². The first-order valence-electron chi connectivity index (χ1n) is 14.0. The summed E-state index contributed by atoms with van der Waals surface area (Å²) in [6, 6.07) is 0. The van der Waals surface area contributed by atoms with Gasteiger partial charge in [0.2, 0.25) is 0 Å². The van der Waals surface area contributed by atoms with E-state index in [0.717, 1.165) is 44.1 Å². The summed E-state index contributed by atoms with van der Waals surface area (Å²) in [5, 5.41) is 21.9. The molecular weight excluding hydrogens is 456 g/mol. The van der Waals surface area contributed by atoms with Crippen LogP contribution >= 0.6 is 0 Å². The van der Waals surface area contributed by atoms with Gasteiger partial charge in [0.1, 0.15) is 6.61 Å². The van der Waals surface area contributed by atoms with E-state index in [2.05, 4.69) is 27.7 Å². The van der Waals surface area contributed by atoms with E-state index in [1.807, 2.05) is 6.08 Å². The number of rotatable bonds is 3. The Labute approximate surface area is 214 Å². The Morgan fingerprint density at radius 1 is 1.14 bits per heavy atom. The lowest BCUT2D eigenvalue weighted by atomic mass is 9.46. The molecule has 6 rings (SSSR count). The van der Waals surface area contributed by atoms with Crippen molar-refractivity contribution in [3.8, 4) is 0 Å². The molecule has 0 spiro atoms. The third kappa shape index (κ3) is 3.23. The first-order valence-corrected chi connectivity index (χ1v) is 14.0. The molecule has 4 saturated carbocycles. The van der Waals surface area contributed by atoms with E-state index in [1.54, 1.807) is 12.2 Å². The summed E-state index contributed by atoms with van der Waals surface area (Å²) in [7, 11) is 0. The SMILES string of the molecule is CC1(C)CCC([C@H]2O[C@@H]3C[C@H]4[C@@H]5CCC6=CC(=O)C=C[C@]6(C)[C@H]5[C@@H](O)C[C@]4(C)[C@]3(C(=O)CO)O2)CC1. The van der Waals surface area contributed by atoms with E-state index >= 15 is 0 Å². The minimum Gasteiger partial charge on any atom is -0.393 e. The summed E-state index contributed by atoms with van der Waals surface area (Å²) < 4.78 is 13.4. The standard InChI is InChI=1S/C30H42O6/c1-27(2)10-7-17(8-11-27)26-35-24-14-21-20-6-5-18-13-19(32)9-12-28(18,3)25(20)22(33)15-29(21,4)30(24,36-26)23(34)16-31/h9,12-13,17,20-22,24-26,31,33H,5-8,10-11,14-16H2,1-4H3/t20-,21-,22-,24+,25+,26-,28-,29-,30+/m0/s1. The quantitative estimate of drug-likeness (QED) is 0.608. The summed E-state index contributed by atoms with van der Waals surface area (Å²) in [5.41, 5.74) is -0.752. The zero-order valence-corrected chi connectivity index (χ0v) is 22.2. The molecule has 5 aliphatic carbocycles. The summed E-state index contributed by atoms with van der Waals surface area (Å²) in [5.74, 6) is 0.291. The number of hydrogen-bond donors (Lipinski definition) is 2. The first-order chi connectivity index (χ1) is 16.9. The fraction of sp³-hybridized carbons (Fsp3) is 0.800. The fourth-order valence-electron chi connectivity index (χ4n) is 9.62. The largest absolute Gasteiger partial charge is 0.393 e. The summed E-state index contributed by atoms with van der Waals surface area (Å²) in [6.07, 6.45) is 11.0. The van der Waals surface area contributed by atoms with Crippen LogP contribution in [0.25, 0.3) is 0 Å². The van der Waals surface area contributed by atoms with Crippen LogP contribution in [0.2, 0.25) is 0 Å². The van der Waals surface area contributed by atoms with Gasteiger partial charge >= 0.3 is 0 Å². The van der Waals surface area contributed by atoms with Crippen LogP contribution in [-0.4, -0.2) is 52.5 Å². The average Bonchev–Trinajstić information content (AvgIpc) is 3.32. The Balaban J connectivity index is 1.33. The van der Waals surface area contributed by atoms with Crippen LogP contribution in [0.5, 0.6) is 0 Å². The molecule has 1 heterocycles. The van der Waals surface area contributed by atoms with Crippen LogP contribution in [0.15, 0.2) is 23.8 Å². The number of aliphatic hydroxyl groups is 2. The van der Waals surface area contributed by atoms with Gasteiger partial charge in [-0.25, -0.2) is 0 Å². The van der Waals surface area contributed by atoms with Gasteiger partial charge in [-0.3, -0.25) is 9.59 Å². The van der Waals surface area contributed by atoms with E-state index in [1.165, 1.54) is 0 Å². The minimum atomic E-state index is -1.22. The maximum Gasteiger partial charge on any atom is 0.193 e. The fourth-order valence-corrected chi connectivity index (χ4v) is 9.62. The van der Waals surface area contributed by atoms with E-state index in [9.17, 15) is 19.8 Å². The van der Waals surface area contributed by atoms with Gasteiger partial charge in [0.05, 0.1) is 12.2 Å². The Bertz CT molecular complexity index is 1020. The molecule has 0 radical (unpaired) electrons. The lowest BCUT2D eigenvalue weighted by Gasteiger charge is -2.59. The monoisotopic (exact) mass is 498 g/mol. The zero-order chi connectivity index (χ0) is 25.7. The number of hydrogen-bond acceptors (Lipinski definition) is 6. The van der Waals surface area contributed by atoms with Gasteiger partial charge in [-0.1, -0.05) is 39.3 Å². The molecule has 5 fully saturated rings. The highest BCUT2D eigenvalue weighted by molar-refractivity contribution is 6.01. The van der Waals surface area contributed by atoms with Crippen molar-refractivity contribution in [3.63, 3.8) is 0 Å². The van der Waals surface area contributed by atoms with Crippen LogP contribution in [-0.2, 0) is 19.1 Å². The Morgan fingerprint density at radius 2 is 1.86 bits per heavy atom. The maximum atomic E-state index is 13.6. The van der Waals surface area contributed by atoms with Crippen LogP contribution in [0.3, 0.4) is 0 Å². The van der Waals surface area contributed by atoms with Gasteiger partial charge in [0.25, 0.3) is 0 Å². The van der Waals surface area contributed by atoms with Gasteiger partial charge in [-0.15, -0.1) is 0 Å². The molecule has 9 atom stereocenters. The molecule has 0 aromatic rings. The maximum absolute atomic E-state index is 13.6. The highest BCUT2D eigenvalue weighted by Crippen LogP contribution is 2.70. The third-order valence-corrected chi connectivity index (χ3v) is 11.6. The highest BCUT2D eigenvalue weighted by Gasteiger charge is 2.76. The summed E-state index contributed by atoms with van der Waals surface area (Å²) >= 11 is 0. The molecule has 0 bridgehead atoms. The minimum absolute atomic E-state index is 0.0172. The number of ether oxygens (including phenoxy) is 2. The van der Waals surface area contributed by atoms with Crippen molar-refractivity contribution >= 4 is 11.6 Å². The predicted octanol–water partition coefficient (Wildman–Crippen LogP) is 4.13. The second-order valence-corrected chi connectivity index (χ2v) is 13.9. The van der Waals surface area contributed by atoms with E-state index in [-0.39, 0.29) is 40.7 Å². The lowest BCUT2D eigenvalue weighted by Crippen LogP contribution is -2.63. The molecule has 36 heavy (non-hydrogen) atoms. The number of aliphatic hydroxyl groups excluding tert-OH is 2. The smallest absolute Gasteiger partial charge is 0.193 e. The van der Waals surface area contributed by atoms with Crippen molar-refractivity contribution in [1.29, 1.82) is 0 Å². The van der Waals surface area contributed by atoms with Gasteiger partial charge in [-0.05, 0) is 80.8 Å². The Hall–Kier alpha value is -1.34. The zero-order valence-electron chi connectivity index (χ0n) is 22.2. The lowest BCUT2D eigenvalue weighted by molar-refractivity contribution is -0.210. The summed E-state index contributed by atoms with van der Waals surface area (Å²) in [6.45, 7) is 8.29. The number of ketones is 2.